The third-order valence-corrected chi connectivity index (χ3v) is 5.82. The number of ether oxygens (including phenoxy) is 1. The molecule has 4 rings (SSSR count). The molecule has 1 aromatic heterocycles. The van der Waals surface area contributed by atoms with E-state index in [0.717, 1.165) is 38.2 Å². The van der Waals surface area contributed by atoms with Crippen molar-refractivity contribution in [2.75, 3.05) is 12.4 Å². The first kappa shape index (κ1) is 20.0. The van der Waals surface area contributed by atoms with Crippen LogP contribution in [0.5, 0.6) is 5.75 Å². The van der Waals surface area contributed by atoms with Crippen molar-refractivity contribution in [1.29, 1.82) is 0 Å². The highest BCUT2D eigenvalue weighted by atomic mass is 79.9. The Hall–Kier alpha value is -2.28. The molecule has 0 amide bonds. The van der Waals surface area contributed by atoms with E-state index in [1.54, 1.807) is 11.8 Å². The highest BCUT2D eigenvalue weighted by molar-refractivity contribution is 9.10. The topological polar surface area (TPSA) is 39.9 Å². The van der Waals surface area contributed by atoms with Crippen LogP contribution in [0.25, 0.3) is 17.1 Å². The molecule has 1 heterocycles. The summed E-state index contributed by atoms with van der Waals surface area (Å²) in [6.45, 7) is 0.574. The zero-order valence-corrected chi connectivity index (χ0v) is 18.5. The molecule has 0 spiro atoms. The SMILES string of the molecule is Clc1ccc(-c2nnc(SCCOc3ccc(Br)cc3)n2-c2ccccc2)cc1. The van der Waals surface area contributed by atoms with Crippen molar-refractivity contribution in [3.05, 3.63) is 88.4 Å². The van der Waals surface area contributed by atoms with E-state index in [1.807, 2.05) is 78.9 Å². The average Bonchev–Trinajstić information content (AvgIpc) is 3.17. The standard InChI is InChI=1S/C22H17BrClN3OS/c23-17-8-12-20(13-9-17)28-14-15-29-22-26-25-21(16-6-10-18(24)11-7-16)27(22)19-4-2-1-3-5-19/h1-13H,14-15H2. The van der Waals surface area contributed by atoms with Crippen molar-refractivity contribution < 1.29 is 4.74 Å². The van der Waals surface area contributed by atoms with E-state index in [-0.39, 0.29) is 0 Å². The van der Waals surface area contributed by atoms with Gasteiger partial charge in [0.25, 0.3) is 0 Å². The van der Waals surface area contributed by atoms with Gasteiger partial charge in [0.2, 0.25) is 0 Å². The van der Waals surface area contributed by atoms with E-state index in [2.05, 4.69) is 30.7 Å². The molecule has 0 saturated heterocycles. The summed E-state index contributed by atoms with van der Waals surface area (Å²) in [5.41, 5.74) is 1.97. The molecule has 0 saturated carbocycles. The van der Waals surface area contributed by atoms with Crippen LogP contribution >= 0.6 is 39.3 Å². The Morgan fingerprint density at radius 2 is 1.62 bits per heavy atom. The summed E-state index contributed by atoms with van der Waals surface area (Å²) in [6.07, 6.45) is 0. The summed E-state index contributed by atoms with van der Waals surface area (Å²) in [6, 6.07) is 25.6. The fraction of sp³-hybridized carbons (Fsp3) is 0.0909. The van der Waals surface area contributed by atoms with Gasteiger partial charge in [0.05, 0.1) is 6.61 Å². The molecule has 4 nitrogen and oxygen atoms in total. The predicted molar refractivity (Wildman–Crippen MR) is 122 cm³/mol. The summed E-state index contributed by atoms with van der Waals surface area (Å²) in [4.78, 5) is 0. The summed E-state index contributed by atoms with van der Waals surface area (Å²) < 4.78 is 8.91. The summed E-state index contributed by atoms with van der Waals surface area (Å²) in [7, 11) is 0. The van der Waals surface area contributed by atoms with Gasteiger partial charge in [-0.15, -0.1) is 10.2 Å². The molecule has 0 aliphatic heterocycles. The highest BCUT2D eigenvalue weighted by Crippen LogP contribution is 2.28. The van der Waals surface area contributed by atoms with Crippen molar-refractivity contribution in [3.63, 3.8) is 0 Å². The number of rotatable bonds is 7. The molecule has 0 N–H and O–H groups in total. The molecule has 0 aliphatic carbocycles. The lowest BCUT2D eigenvalue weighted by Gasteiger charge is -2.11. The van der Waals surface area contributed by atoms with Gasteiger partial charge in [0.1, 0.15) is 5.75 Å². The largest absolute Gasteiger partial charge is 0.493 e. The zero-order chi connectivity index (χ0) is 20.1. The van der Waals surface area contributed by atoms with E-state index < -0.39 is 0 Å². The Bertz CT molecular complexity index is 1070. The molecule has 0 radical (unpaired) electrons. The number of hydrogen-bond donors (Lipinski definition) is 0. The minimum absolute atomic E-state index is 0.574. The number of hydrogen-bond acceptors (Lipinski definition) is 4. The number of aromatic nitrogens is 3. The quantitative estimate of drug-likeness (QED) is 0.220. The molecule has 7 heteroatoms. The maximum atomic E-state index is 6.04. The lowest BCUT2D eigenvalue weighted by atomic mass is 10.2. The molecule has 146 valence electrons. The fourth-order valence-electron chi connectivity index (χ4n) is 2.78. The van der Waals surface area contributed by atoms with Crippen LogP contribution in [0.15, 0.2) is 88.5 Å². The van der Waals surface area contributed by atoms with Crippen molar-refractivity contribution in [1.82, 2.24) is 14.8 Å². The first-order valence-electron chi connectivity index (χ1n) is 8.99. The number of benzene rings is 3. The Balaban J connectivity index is 1.53. The van der Waals surface area contributed by atoms with Crippen molar-refractivity contribution >= 4 is 39.3 Å². The van der Waals surface area contributed by atoms with Crippen LogP contribution in [0.3, 0.4) is 0 Å². The van der Waals surface area contributed by atoms with E-state index in [0.29, 0.717) is 11.6 Å². The number of halogens is 2. The van der Waals surface area contributed by atoms with Gasteiger partial charge in [-0.3, -0.25) is 4.57 Å². The second kappa shape index (κ2) is 9.48. The lowest BCUT2D eigenvalue weighted by molar-refractivity contribution is 0.344. The molecule has 0 unspecified atom stereocenters. The van der Waals surface area contributed by atoms with Crippen LogP contribution in [0.4, 0.5) is 0 Å². The number of para-hydroxylation sites is 1. The molecule has 0 fully saturated rings. The normalized spacial score (nSPS) is 10.8. The van der Waals surface area contributed by atoms with E-state index in [9.17, 15) is 0 Å². The lowest BCUT2D eigenvalue weighted by Crippen LogP contribution is -2.03. The van der Waals surface area contributed by atoms with Crippen LogP contribution in [0.1, 0.15) is 0 Å². The molecular formula is C22H17BrClN3OS. The van der Waals surface area contributed by atoms with Crippen molar-refractivity contribution in [2.45, 2.75) is 5.16 Å². The van der Waals surface area contributed by atoms with E-state index in [1.165, 1.54) is 0 Å². The molecule has 29 heavy (non-hydrogen) atoms. The Morgan fingerprint density at radius 3 is 2.34 bits per heavy atom. The Kier molecular flexibility index (Phi) is 6.54. The van der Waals surface area contributed by atoms with Gasteiger partial charge in [0, 0.05) is 26.5 Å². The Labute approximate surface area is 187 Å². The third-order valence-electron chi connectivity index (χ3n) is 4.15. The van der Waals surface area contributed by atoms with Crippen LogP contribution in [-0.4, -0.2) is 27.1 Å². The first-order chi connectivity index (χ1) is 14.2. The predicted octanol–water partition coefficient (Wildman–Crippen LogP) is 6.52. The van der Waals surface area contributed by atoms with Crippen LogP contribution in [0, 0.1) is 0 Å². The summed E-state index contributed by atoms with van der Waals surface area (Å²) >= 11 is 11.1. The van der Waals surface area contributed by atoms with Crippen molar-refractivity contribution in [2.24, 2.45) is 0 Å². The van der Waals surface area contributed by atoms with Gasteiger partial charge in [-0.25, -0.2) is 0 Å². The van der Waals surface area contributed by atoms with Gasteiger partial charge >= 0.3 is 0 Å². The highest BCUT2D eigenvalue weighted by Gasteiger charge is 2.16. The number of thioether (sulfide) groups is 1. The molecule has 0 aliphatic rings. The van der Waals surface area contributed by atoms with E-state index >= 15 is 0 Å². The van der Waals surface area contributed by atoms with Gasteiger partial charge in [-0.1, -0.05) is 57.5 Å². The van der Waals surface area contributed by atoms with Gasteiger partial charge in [-0.05, 0) is 60.7 Å². The molecule has 0 atom stereocenters. The minimum Gasteiger partial charge on any atom is -0.493 e. The number of nitrogens with zero attached hydrogens (tertiary/aromatic N) is 3. The maximum Gasteiger partial charge on any atom is 0.196 e. The van der Waals surface area contributed by atoms with E-state index in [4.69, 9.17) is 16.3 Å². The average molecular weight is 487 g/mol. The molecule has 4 aromatic rings. The summed E-state index contributed by atoms with van der Waals surface area (Å²) in [5, 5.41) is 10.4. The second-order valence-electron chi connectivity index (χ2n) is 6.13. The zero-order valence-electron chi connectivity index (χ0n) is 15.3. The van der Waals surface area contributed by atoms with Crippen LogP contribution in [0.2, 0.25) is 5.02 Å². The van der Waals surface area contributed by atoms with Gasteiger partial charge in [-0.2, -0.15) is 0 Å². The smallest absolute Gasteiger partial charge is 0.196 e. The minimum atomic E-state index is 0.574. The molecular weight excluding hydrogens is 470 g/mol. The van der Waals surface area contributed by atoms with Gasteiger partial charge < -0.3 is 4.74 Å². The monoisotopic (exact) mass is 485 g/mol. The fourth-order valence-corrected chi connectivity index (χ4v) is 3.94. The second-order valence-corrected chi connectivity index (χ2v) is 8.55. The maximum absolute atomic E-state index is 6.04. The van der Waals surface area contributed by atoms with Crippen molar-refractivity contribution in [3.8, 4) is 22.8 Å². The molecule has 0 bridgehead atoms. The summed E-state index contributed by atoms with van der Waals surface area (Å²) in [5.74, 6) is 2.38. The third kappa shape index (κ3) is 5.01. The van der Waals surface area contributed by atoms with Gasteiger partial charge in [0.15, 0.2) is 11.0 Å². The van der Waals surface area contributed by atoms with Crippen LogP contribution < -0.4 is 4.74 Å². The Morgan fingerprint density at radius 1 is 0.897 bits per heavy atom. The van der Waals surface area contributed by atoms with Crippen LogP contribution in [-0.2, 0) is 0 Å². The first-order valence-corrected chi connectivity index (χ1v) is 11.1. The molecule has 3 aromatic carbocycles.